The molecule has 6 heteroatoms. The predicted octanol–water partition coefficient (Wildman–Crippen LogP) is 3.39. The predicted molar refractivity (Wildman–Crippen MR) is 97.3 cm³/mol. The summed E-state index contributed by atoms with van der Waals surface area (Å²) in [7, 11) is 1.55. The third-order valence-electron chi connectivity index (χ3n) is 4.53. The van der Waals surface area contributed by atoms with Crippen LogP contribution in [0.1, 0.15) is 28.3 Å². The molecule has 0 aliphatic carbocycles. The lowest BCUT2D eigenvalue weighted by atomic mass is 9.84. The van der Waals surface area contributed by atoms with Crippen molar-refractivity contribution in [2.75, 3.05) is 12.4 Å². The highest BCUT2D eigenvalue weighted by atomic mass is 16.5. The topological polar surface area (TPSA) is 84.1 Å². The van der Waals surface area contributed by atoms with Gasteiger partial charge in [-0.2, -0.15) is 5.10 Å². The van der Waals surface area contributed by atoms with Gasteiger partial charge < -0.3 is 10.1 Å². The summed E-state index contributed by atoms with van der Waals surface area (Å²) in [6.07, 6.45) is 0.0857. The van der Waals surface area contributed by atoms with E-state index in [1.807, 2.05) is 30.3 Å². The lowest BCUT2D eigenvalue weighted by molar-refractivity contribution is -0.116. The molecule has 0 radical (unpaired) electrons. The number of aromatic amines is 1. The van der Waals surface area contributed by atoms with Gasteiger partial charge in [0.1, 0.15) is 5.75 Å². The Morgan fingerprint density at radius 1 is 1.15 bits per heavy atom. The number of amides is 1. The normalized spacial score (nSPS) is 15.9. The number of ketones is 1. The van der Waals surface area contributed by atoms with Crippen LogP contribution in [0, 0.1) is 0 Å². The molecule has 130 valence electrons. The number of benzene rings is 2. The number of anilines is 1. The molecule has 0 saturated carbocycles. The summed E-state index contributed by atoms with van der Waals surface area (Å²) in [5.41, 5.74) is 2.90. The van der Waals surface area contributed by atoms with E-state index in [4.69, 9.17) is 4.74 Å². The second-order valence-corrected chi connectivity index (χ2v) is 6.13. The van der Waals surface area contributed by atoms with Crippen molar-refractivity contribution in [2.45, 2.75) is 12.3 Å². The van der Waals surface area contributed by atoms with Gasteiger partial charge in [-0.3, -0.25) is 14.7 Å². The van der Waals surface area contributed by atoms with Crippen molar-refractivity contribution in [1.82, 2.24) is 10.2 Å². The second-order valence-electron chi connectivity index (χ2n) is 6.13. The first-order valence-electron chi connectivity index (χ1n) is 8.29. The standard InChI is InChI=1S/C20H17N3O3/c1-26-14-9-5-8-13(10-14)19(25)15-11-16(24)21-20-17(15)18(22-23-20)12-6-3-2-4-7-12/h2-10,15H,11H2,1H3,(H2,21,22,23,24). The van der Waals surface area contributed by atoms with Crippen LogP contribution in [0.2, 0.25) is 0 Å². The monoisotopic (exact) mass is 347 g/mol. The summed E-state index contributed by atoms with van der Waals surface area (Å²) in [5.74, 6) is 0.0800. The molecule has 2 aromatic carbocycles. The Labute approximate surface area is 150 Å². The van der Waals surface area contributed by atoms with Crippen LogP contribution in [0.4, 0.5) is 5.82 Å². The van der Waals surface area contributed by atoms with E-state index in [9.17, 15) is 9.59 Å². The number of carbonyl (C=O) groups excluding carboxylic acids is 2. The molecule has 1 aliphatic rings. The number of rotatable bonds is 4. The van der Waals surface area contributed by atoms with Crippen LogP contribution in [0.5, 0.6) is 5.75 Å². The quantitative estimate of drug-likeness (QED) is 0.709. The summed E-state index contributed by atoms with van der Waals surface area (Å²) in [4.78, 5) is 25.3. The van der Waals surface area contributed by atoms with Crippen LogP contribution >= 0.6 is 0 Å². The first kappa shape index (κ1) is 16.1. The summed E-state index contributed by atoms with van der Waals surface area (Å²) >= 11 is 0. The number of fused-ring (bicyclic) bond motifs is 1. The SMILES string of the molecule is COc1cccc(C(=O)C2CC(=O)Nc3n[nH]c(-c4ccccc4)c32)c1. The van der Waals surface area contributed by atoms with Crippen LogP contribution < -0.4 is 10.1 Å². The highest BCUT2D eigenvalue weighted by molar-refractivity contribution is 6.08. The van der Waals surface area contributed by atoms with Gasteiger partial charge in [-0.05, 0) is 17.7 Å². The molecular formula is C20H17N3O3. The lowest BCUT2D eigenvalue weighted by Crippen LogP contribution is -2.27. The minimum Gasteiger partial charge on any atom is -0.497 e. The third kappa shape index (κ3) is 2.75. The van der Waals surface area contributed by atoms with E-state index in [-0.39, 0.29) is 18.1 Å². The van der Waals surface area contributed by atoms with Crippen molar-refractivity contribution >= 4 is 17.5 Å². The average Bonchev–Trinajstić information content (AvgIpc) is 3.11. The molecule has 0 saturated heterocycles. The summed E-state index contributed by atoms with van der Waals surface area (Å²) < 4.78 is 5.21. The zero-order valence-corrected chi connectivity index (χ0v) is 14.2. The molecule has 0 fully saturated rings. The zero-order chi connectivity index (χ0) is 18.1. The van der Waals surface area contributed by atoms with Crippen LogP contribution in [0.3, 0.4) is 0 Å². The minimum atomic E-state index is -0.597. The summed E-state index contributed by atoms with van der Waals surface area (Å²) in [5, 5.41) is 9.93. The Balaban J connectivity index is 1.80. The van der Waals surface area contributed by atoms with Crippen molar-refractivity contribution in [2.24, 2.45) is 0 Å². The third-order valence-corrected chi connectivity index (χ3v) is 4.53. The largest absolute Gasteiger partial charge is 0.497 e. The average molecular weight is 347 g/mol. The fourth-order valence-corrected chi connectivity index (χ4v) is 3.28. The molecule has 2 N–H and O–H groups in total. The smallest absolute Gasteiger partial charge is 0.226 e. The number of hydrogen-bond donors (Lipinski definition) is 2. The Morgan fingerprint density at radius 3 is 2.73 bits per heavy atom. The van der Waals surface area contributed by atoms with E-state index in [1.54, 1.807) is 31.4 Å². The maximum Gasteiger partial charge on any atom is 0.226 e. The maximum atomic E-state index is 13.2. The van der Waals surface area contributed by atoms with Gasteiger partial charge >= 0.3 is 0 Å². The van der Waals surface area contributed by atoms with Gasteiger partial charge in [0.2, 0.25) is 5.91 Å². The van der Waals surface area contributed by atoms with Crippen LogP contribution in [0.25, 0.3) is 11.3 Å². The number of aromatic nitrogens is 2. The molecule has 1 unspecified atom stereocenters. The zero-order valence-electron chi connectivity index (χ0n) is 14.2. The molecule has 0 spiro atoms. The molecular weight excluding hydrogens is 330 g/mol. The molecule has 26 heavy (non-hydrogen) atoms. The van der Waals surface area contributed by atoms with Gasteiger partial charge in [0.15, 0.2) is 11.6 Å². The highest BCUT2D eigenvalue weighted by Crippen LogP contribution is 2.39. The fraction of sp³-hybridized carbons (Fsp3) is 0.150. The van der Waals surface area contributed by atoms with Gasteiger partial charge in [0.25, 0.3) is 0 Å². The molecule has 0 bridgehead atoms. The Bertz CT molecular complexity index is 979. The van der Waals surface area contributed by atoms with Gasteiger partial charge in [-0.25, -0.2) is 0 Å². The molecule has 1 atom stereocenters. The van der Waals surface area contributed by atoms with E-state index in [1.165, 1.54) is 0 Å². The van der Waals surface area contributed by atoms with E-state index in [2.05, 4.69) is 15.5 Å². The first-order chi connectivity index (χ1) is 12.7. The molecule has 6 nitrogen and oxygen atoms in total. The van der Waals surface area contributed by atoms with Crippen LogP contribution in [-0.4, -0.2) is 29.0 Å². The number of hydrogen-bond acceptors (Lipinski definition) is 4. The molecule has 3 aromatic rings. The number of ether oxygens (including phenoxy) is 1. The number of nitrogens with one attached hydrogen (secondary N) is 2. The van der Waals surface area contributed by atoms with Gasteiger partial charge in [0, 0.05) is 17.5 Å². The Kier molecular flexibility index (Phi) is 4.01. The molecule has 1 amide bonds. The van der Waals surface area contributed by atoms with E-state index < -0.39 is 5.92 Å². The summed E-state index contributed by atoms with van der Waals surface area (Å²) in [6, 6.07) is 16.6. The van der Waals surface area contributed by atoms with Crippen molar-refractivity contribution < 1.29 is 14.3 Å². The van der Waals surface area contributed by atoms with E-state index >= 15 is 0 Å². The maximum absolute atomic E-state index is 13.2. The number of nitrogens with zero attached hydrogens (tertiary/aromatic N) is 1. The molecule has 4 rings (SSSR count). The lowest BCUT2D eigenvalue weighted by Gasteiger charge is -2.22. The second kappa shape index (κ2) is 6.48. The Hall–Kier alpha value is -3.41. The van der Waals surface area contributed by atoms with Crippen molar-refractivity contribution in [1.29, 1.82) is 0 Å². The van der Waals surface area contributed by atoms with Gasteiger partial charge in [-0.1, -0.05) is 42.5 Å². The summed E-state index contributed by atoms with van der Waals surface area (Å²) in [6.45, 7) is 0. The molecule has 1 aliphatic heterocycles. The van der Waals surface area contributed by atoms with Crippen molar-refractivity contribution in [3.8, 4) is 17.0 Å². The minimum absolute atomic E-state index is 0.0857. The van der Waals surface area contributed by atoms with E-state index in [0.717, 1.165) is 16.8 Å². The highest BCUT2D eigenvalue weighted by Gasteiger charge is 2.35. The fourth-order valence-electron chi connectivity index (χ4n) is 3.28. The van der Waals surface area contributed by atoms with Crippen LogP contribution in [0.15, 0.2) is 54.6 Å². The van der Waals surface area contributed by atoms with Gasteiger partial charge in [0.05, 0.1) is 18.7 Å². The van der Waals surface area contributed by atoms with Crippen molar-refractivity contribution in [3.63, 3.8) is 0 Å². The van der Waals surface area contributed by atoms with E-state index in [0.29, 0.717) is 17.1 Å². The van der Waals surface area contributed by atoms with Gasteiger partial charge in [-0.15, -0.1) is 0 Å². The first-order valence-corrected chi connectivity index (χ1v) is 8.29. The van der Waals surface area contributed by atoms with Crippen LogP contribution in [-0.2, 0) is 4.79 Å². The number of H-pyrrole nitrogens is 1. The van der Waals surface area contributed by atoms with Crippen molar-refractivity contribution in [3.05, 3.63) is 65.7 Å². The number of Topliss-reactive ketones (excluding diaryl/α,β-unsaturated/α-hetero) is 1. The molecule has 1 aromatic heterocycles. The number of methoxy groups -OCH3 is 1. The number of carbonyl (C=O) groups is 2. The Morgan fingerprint density at radius 2 is 1.96 bits per heavy atom. The molecule has 2 heterocycles.